The second kappa shape index (κ2) is 8.85. The molecule has 1 aliphatic rings. The zero-order valence-corrected chi connectivity index (χ0v) is 15.6. The van der Waals surface area contributed by atoms with E-state index in [0.717, 1.165) is 57.1 Å². The van der Waals surface area contributed by atoms with Crippen molar-refractivity contribution in [3.05, 3.63) is 47.3 Å². The van der Waals surface area contributed by atoms with E-state index >= 15 is 0 Å². The summed E-state index contributed by atoms with van der Waals surface area (Å²) in [4.78, 5) is 16.7. The molecule has 140 valence electrons. The lowest BCUT2D eigenvalue weighted by Crippen LogP contribution is -2.49. The van der Waals surface area contributed by atoms with Crippen molar-refractivity contribution in [2.24, 2.45) is 0 Å². The van der Waals surface area contributed by atoms with Gasteiger partial charge in [-0.2, -0.15) is 0 Å². The van der Waals surface area contributed by atoms with Crippen molar-refractivity contribution in [3.63, 3.8) is 0 Å². The van der Waals surface area contributed by atoms with Crippen LogP contribution in [0.4, 0.5) is 0 Å². The summed E-state index contributed by atoms with van der Waals surface area (Å²) in [5.74, 6) is 1.84. The SMILES string of the molecule is COc1ccccc1CCCN1CCN(C(=O)Cc2cc(C)on2)CC1. The molecule has 0 atom stereocenters. The van der Waals surface area contributed by atoms with E-state index in [1.54, 1.807) is 7.11 Å². The van der Waals surface area contributed by atoms with E-state index in [2.05, 4.69) is 22.2 Å². The Bertz CT molecular complexity index is 721. The number of rotatable bonds is 7. The number of benzene rings is 1. The maximum absolute atomic E-state index is 12.4. The number of piperazine rings is 1. The lowest BCUT2D eigenvalue weighted by atomic mass is 10.1. The van der Waals surface area contributed by atoms with E-state index in [1.807, 2.05) is 30.0 Å². The number of carbonyl (C=O) groups is 1. The minimum Gasteiger partial charge on any atom is -0.496 e. The quantitative estimate of drug-likeness (QED) is 0.761. The number of carbonyl (C=O) groups excluding carboxylic acids is 1. The smallest absolute Gasteiger partial charge is 0.228 e. The maximum atomic E-state index is 12.4. The molecule has 0 saturated carbocycles. The Morgan fingerprint density at radius 2 is 2.00 bits per heavy atom. The van der Waals surface area contributed by atoms with Crippen molar-refractivity contribution in [1.82, 2.24) is 15.0 Å². The zero-order valence-electron chi connectivity index (χ0n) is 15.6. The molecule has 1 aliphatic heterocycles. The van der Waals surface area contributed by atoms with E-state index in [4.69, 9.17) is 9.26 Å². The maximum Gasteiger partial charge on any atom is 0.228 e. The molecular weight excluding hydrogens is 330 g/mol. The number of hydrogen-bond acceptors (Lipinski definition) is 5. The third-order valence-corrected chi connectivity index (χ3v) is 4.85. The second-order valence-electron chi connectivity index (χ2n) is 6.74. The molecule has 1 aromatic carbocycles. The Hall–Kier alpha value is -2.34. The second-order valence-corrected chi connectivity index (χ2v) is 6.74. The van der Waals surface area contributed by atoms with Crippen LogP contribution < -0.4 is 4.74 Å². The van der Waals surface area contributed by atoms with Crippen LogP contribution >= 0.6 is 0 Å². The Morgan fingerprint density at radius 3 is 2.69 bits per heavy atom. The van der Waals surface area contributed by atoms with Crippen LogP contribution in [0.2, 0.25) is 0 Å². The van der Waals surface area contributed by atoms with Gasteiger partial charge in [-0.25, -0.2) is 0 Å². The molecule has 1 saturated heterocycles. The van der Waals surface area contributed by atoms with Crippen LogP contribution in [0.3, 0.4) is 0 Å². The van der Waals surface area contributed by atoms with Gasteiger partial charge in [-0.05, 0) is 37.9 Å². The number of hydrogen-bond donors (Lipinski definition) is 0. The normalized spacial score (nSPS) is 15.2. The monoisotopic (exact) mass is 357 g/mol. The lowest BCUT2D eigenvalue weighted by molar-refractivity contribution is -0.132. The molecule has 0 unspecified atom stereocenters. The summed E-state index contributed by atoms with van der Waals surface area (Å²) < 4.78 is 10.4. The third kappa shape index (κ3) is 4.85. The van der Waals surface area contributed by atoms with Crippen LogP contribution in [-0.4, -0.2) is 60.7 Å². The van der Waals surface area contributed by atoms with Gasteiger partial charge >= 0.3 is 0 Å². The van der Waals surface area contributed by atoms with Gasteiger partial charge < -0.3 is 14.2 Å². The molecule has 1 amide bonds. The molecule has 26 heavy (non-hydrogen) atoms. The summed E-state index contributed by atoms with van der Waals surface area (Å²) in [5.41, 5.74) is 1.97. The summed E-state index contributed by atoms with van der Waals surface area (Å²) in [7, 11) is 1.72. The van der Waals surface area contributed by atoms with Crippen LogP contribution in [0, 0.1) is 6.92 Å². The van der Waals surface area contributed by atoms with E-state index in [0.29, 0.717) is 12.1 Å². The van der Waals surface area contributed by atoms with E-state index in [9.17, 15) is 4.79 Å². The summed E-state index contributed by atoms with van der Waals surface area (Å²) in [6.07, 6.45) is 2.42. The van der Waals surface area contributed by atoms with Gasteiger partial charge in [0.1, 0.15) is 11.5 Å². The van der Waals surface area contributed by atoms with Gasteiger partial charge in [0.15, 0.2) is 0 Å². The highest BCUT2D eigenvalue weighted by Crippen LogP contribution is 2.19. The van der Waals surface area contributed by atoms with Crippen molar-refractivity contribution in [2.75, 3.05) is 39.8 Å². The van der Waals surface area contributed by atoms with Crippen LogP contribution in [0.15, 0.2) is 34.9 Å². The highest BCUT2D eigenvalue weighted by atomic mass is 16.5. The Morgan fingerprint density at radius 1 is 1.23 bits per heavy atom. The van der Waals surface area contributed by atoms with Gasteiger partial charge in [0.25, 0.3) is 0 Å². The third-order valence-electron chi connectivity index (χ3n) is 4.85. The zero-order chi connectivity index (χ0) is 18.4. The van der Waals surface area contributed by atoms with E-state index < -0.39 is 0 Å². The van der Waals surface area contributed by atoms with Crippen molar-refractivity contribution in [3.8, 4) is 5.75 Å². The van der Waals surface area contributed by atoms with Gasteiger partial charge in [0, 0.05) is 32.2 Å². The molecule has 0 N–H and O–H groups in total. The Labute approximate surface area is 154 Å². The first-order valence-electron chi connectivity index (χ1n) is 9.20. The number of amides is 1. The van der Waals surface area contributed by atoms with Gasteiger partial charge in [0.2, 0.25) is 5.91 Å². The molecule has 3 rings (SSSR count). The van der Waals surface area contributed by atoms with Gasteiger partial charge in [-0.15, -0.1) is 0 Å². The average Bonchev–Trinajstić information content (AvgIpc) is 3.07. The highest BCUT2D eigenvalue weighted by Gasteiger charge is 2.21. The van der Waals surface area contributed by atoms with Gasteiger partial charge in [-0.3, -0.25) is 9.69 Å². The first-order chi connectivity index (χ1) is 12.7. The molecule has 0 bridgehead atoms. The Balaban J connectivity index is 1.39. The van der Waals surface area contributed by atoms with Gasteiger partial charge in [-0.1, -0.05) is 23.4 Å². The van der Waals surface area contributed by atoms with Crippen molar-refractivity contribution < 1.29 is 14.1 Å². The van der Waals surface area contributed by atoms with Crippen LogP contribution in [0.5, 0.6) is 5.75 Å². The predicted octanol–water partition coefficient (Wildman–Crippen LogP) is 2.31. The van der Waals surface area contributed by atoms with Crippen molar-refractivity contribution >= 4 is 5.91 Å². The van der Waals surface area contributed by atoms with Crippen LogP contribution in [0.25, 0.3) is 0 Å². The first kappa shape index (κ1) is 18.5. The fourth-order valence-electron chi connectivity index (χ4n) is 3.39. The largest absolute Gasteiger partial charge is 0.496 e. The number of aromatic nitrogens is 1. The highest BCUT2D eigenvalue weighted by molar-refractivity contribution is 5.78. The minimum absolute atomic E-state index is 0.131. The summed E-state index contributed by atoms with van der Waals surface area (Å²) >= 11 is 0. The topological polar surface area (TPSA) is 58.8 Å². The molecule has 2 heterocycles. The summed E-state index contributed by atoms with van der Waals surface area (Å²) in [6, 6.07) is 10.0. The fraction of sp³-hybridized carbons (Fsp3) is 0.500. The molecule has 2 aromatic rings. The molecule has 6 nitrogen and oxygen atoms in total. The molecule has 0 radical (unpaired) electrons. The number of aryl methyl sites for hydroxylation is 2. The van der Waals surface area contributed by atoms with Crippen molar-refractivity contribution in [2.45, 2.75) is 26.2 Å². The predicted molar refractivity (Wildman–Crippen MR) is 99.3 cm³/mol. The Kier molecular flexibility index (Phi) is 6.28. The molecule has 1 aromatic heterocycles. The van der Waals surface area contributed by atoms with E-state index in [-0.39, 0.29) is 5.91 Å². The number of ether oxygens (including phenoxy) is 1. The minimum atomic E-state index is 0.131. The number of methoxy groups -OCH3 is 1. The number of para-hydroxylation sites is 1. The van der Waals surface area contributed by atoms with Gasteiger partial charge in [0.05, 0.1) is 19.2 Å². The average molecular weight is 357 g/mol. The fourth-order valence-corrected chi connectivity index (χ4v) is 3.39. The lowest BCUT2D eigenvalue weighted by Gasteiger charge is -2.34. The molecular formula is C20H27N3O3. The molecule has 1 fully saturated rings. The first-order valence-corrected chi connectivity index (χ1v) is 9.20. The summed E-state index contributed by atoms with van der Waals surface area (Å²) in [5, 5.41) is 3.91. The van der Waals surface area contributed by atoms with Crippen molar-refractivity contribution in [1.29, 1.82) is 0 Å². The van der Waals surface area contributed by atoms with E-state index in [1.165, 1.54) is 5.56 Å². The van der Waals surface area contributed by atoms with Crippen LogP contribution in [-0.2, 0) is 17.6 Å². The number of nitrogens with zero attached hydrogens (tertiary/aromatic N) is 3. The molecule has 0 spiro atoms. The molecule has 6 heteroatoms. The molecule has 0 aliphatic carbocycles. The van der Waals surface area contributed by atoms with Crippen LogP contribution in [0.1, 0.15) is 23.4 Å². The summed E-state index contributed by atoms with van der Waals surface area (Å²) in [6.45, 7) is 6.30. The standard InChI is InChI=1S/C20H27N3O3/c1-16-14-18(21-26-16)15-20(24)23-12-10-22(11-13-23)9-5-7-17-6-3-4-8-19(17)25-2/h3-4,6,8,14H,5,7,9-13,15H2,1-2H3.